The number of aromatic nitrogens is 1. The molecule has 1 heterocycles. The smallest absolute Gasteiger partial charge is 0.138 e. The van der Waals surface area contributed by atoms with E-state index in [1.807, 2.05) is 19.1 Å². The number of benzene rings is 1. The van der Waals surface area contributed by atoms with E-state index in [9.17, 15) is 0 Å². The van der Waals surface area contributed by atoms with Crippen molar-refractivity contribution in [1.29, 1.82) is 0 Å². The van der Waals surface area contributed by atoms with Crippen LogP contribution < -0.4 is 5.73 Å². The summed E-state index contributed by atoms with van der Waals surface area (Å²) in [5.74, 6) is 0.799. The summed E-state index contributed by atoms with van der Waals surface area (Å²) in [5.41, 5.74) is 9.79. The topological polar surface area (TPSA) is 52.0 Å². The molecule has 2 N–H and O–H groups in total. The molecule has 0 spiro atoms. The lowest BCUT2D eigenvalue weighted by Gasteiger charge is -1.99. The van der Waals surface area contributed by atoms with Crippen LogP contribution >= 0.6 is 0 Å². The molecule has 0 saturated heterocycles. The third-order valence-corrected chi connectivity index (χ3v) is 2.51. The summed E-state index contributed by atoms with van der Waals surface area (Å²) in [5, 5.41) is 4.03. The summed E-state index contributed by atoms with van der Waals surface area (Å²) in [4.78, 5) is 0. The Morgan fingerprint density at radius 2 is 1.87 bits per heavy atom. The molecule has 78 valence electrons. The van der Waals surface area contributed by atoms with Crippen molar-refractivity contribution in [2.75, 3.05) is 0 Å². The van der Waals surface area contributed by atoms with Crippen LogP contribution in [0.15, 0.2) is 28.8 Å². The Morgan fingerprint density at radius 1 is 1.20 bits per heavy atom. The fraction of sp³-hybridized carbons (Fsp3) is 0.250. The molecule has 0 aliphatic heterocycles. The van der Waals surface area contributed by atoms with Crippen molar-refractivity contribution in [2.45, 2.75) is 20.4 Å². The van der Waals surface area contributed by atoms with E-state index >= 15 is 0 Å². The van der Waals surface area contributed by atoms with Gasteiger partial charge in [0, 0.05) is 17.7 Å². The standard InChI is InChI=1S/C12H14N2O/c1-8-3-5-10(6-4-8)12-11(7-13)9(2)15-14-12/h3-6H,7,13H2,1-2H3. The first-order valence-electron chi connectivity index (χ1n) is 4.94. The van der Waals surface area contributed by atoms with Crippen molar-refractivity contribution in [2.24, 2.45) is 5.73 Å². The van der Waals surface area contributed by atoms with Crippen molar-refractivity contribution in [3.05, 3.63) is 41.2 Å². The van der Waals surface area contributed by atoms with Crippen LogP contribution in [0.4, 0.5) is 0 Å². The van der Waals surface area contributed by atoms with Gasteiger partial charge in [-0.25, -0.2) is 0 Å². The zero-order chi connectivity index (χ0) is 10.8. The lowest BCUT2D eigenvalue weighted by atomic mass is 10.1. The lowest BCUT2D eigenvalue weighted by molar-refractivity contribution is 0.398. The zero-order valence-electron chi connectivity index (χ0n) is 8.95. The van der Waals surface area contributed by atoms with E-state index in [-0.39, 0.29) is 0 Å². The van der Waals surface area contributed by atoms with Crippen LogP contribution in [-0.4, -0.2) is 5.16 Å². The van der Waals surface area contributed by atoms with Crippen LogP contribution in [0.2, 0.25) is 0 Å². The van der Waals surface area contributed by atoms with Crippen molar-refractivity contribution in [1.82, 2.24) is 5.16 Å². The molecule has 0 atom stereocenters. The maximum Gasteiger partial charge on any atom is 0.138 e. The zero-order valence-corrected chi connectivity index (χ0v) is 8.95. The van der Waals surface area contributed by atoms with E-state index in [1.54, 1.807) is 0 Å². The van der Waals surface area contributed by atoms with Crippen molar-refractivity contribution >= 4 is 0 Å². The number of hydrogen-bond acceptors (Lipinski definition) is 3. The predicted octanol–water partition coefficient (Wildman–Crippen LogP) is 2.42. The molecule has 2 aromatic rings. The SMILES string of the molecule is Cc1ccc(-c2noc(C)c2CN)cc1. The molecule has 0 fully saturated rings. The van der Waals surface area contributed by atoms with Crippen molar-refractivity contribution in [3.8, 4) is 11.3 Å². The Morgan fingerprint density at radius 3 is 2.47 bits per heavy atom. The lowest BCUT2D eigenvalue weighted by Crippen LogP contribution is -1.98. The second kappa shape index (κ2) is 3.87. The molecule has 1 aromatic carbocycles. The van der Waals surface area contributed by atoms with Gasteiger partial charge in [-0.05, 0) is 13.8 Å². The van der Waals surface area contributed by atoms with Crippen LogP contribution in [0.1, 0.15) is 16.9 Å². The molecule has 2 rings (SSSR count). The van der Waals surface area contributed by atoms with Crippen molar-refractivity contribution < 1.29 is 4.52 Å². The molecule has 0 aliphatic rings. The minimum Gasteiger partial charge on any atom is -0.361 e. The number of hydrogen-bond donors (Lipinski definition) is 1. The molecular weight excluding hydrogens is 188 g/mol. The Bertz CT molecular complexity index is 457. The highest BCUT2D eigenvalue weighted by molar-refractivity contribution is 5.63. The molecule has 0 saturated carbocycles. The molecule has 0 bridgehead atoms. The van der Waals surface area contributed by atoms with E-state index in [0.717, 1.165) is 22.6 Å². The highest BCUT2D eigenvalue weighted by Gasteiger charge is 2.12. The second-order valence-electron chi connectivity index (χ2n) is 3.64. The molecule has 0 unspecified atom stereocenters. The molecule has 1 aromatic heterocycles. The average Bonchev–Trinajstić information content (AvgIpc) is 2.61. The van der Waals surface area contributed by atoms with Gasteiger partial charge in [-0.3, -0.25) is 0 Å². The van der Waals surface area contributed by atoms with Crippen LogP contribution in [0.3, 0.4) is 0 Å². The van der Waals surface area contributed by atoms with Gasteiger partial charge in [-0.1, -0.05) is 35.0 Å². The average molecular weight is 202 g/mol. The summed E-state index contributed by atoms with van der Waals surface area (Å²) in [6, 6.07) is 8.18. The molecule has 0 amide bonds. The summed E-state index contributed by atoms with van der Waals surface area (Å²) >= 11 is 0. The molecule has 0 radical (unpaired) electrons. The summed E-state index contributed by atoms with van der Waals surface area (Å²) in [6.45, 7) is 4.40. The van der Waals surface area contributed by atoms with Crippen LogP contribution in [-0.2, 0) is 6.54 Å². The van der Waals surface area contributed by atoms with Gasteiger partial charge in [-0.2, -0.15) is 0 Å². The fourth-order valence-corrected chi connectivity index (χ4v) is 1.57. The van der Waals surface area contributed by atoms with E-state index in [4.69, 9.17) is 10.3 Å². The van der Waals surface area contributed by atoms with Gasteiger partial charge in [0.2, 0.25) is 0 Å². The minimum atomic E-state index is 0.457. The highest BCUT2D eigenvalue weighted by Crippen LogP contribution is 2.24. The molecule has 3 nitrogen and oxygen atoms in total. The quantitative estimate of drug-likeness (QED) is 0.813. The summed E-state index contributed by atoms with van der Waals surface area (Å²) in [7, 11) is 0. The van der Waals surface area contributed by atoms with E-state index in [2.05, 4.69) is 24.2 Å². The van der Waals surface area contributed by atoms with Gasteiger partial charge < -0.3 is 10.3 Å². The maximum atomic E-state index is 5.66. The number of nitrogens with zero attached hydrogens (tertiary/aromatic N) is 1. The minimum absolute atomic E-state index is 0.457. The number of nitrogens with two attached hydrogens (primary N) is 1. The first kappa shape index (κ1) is 9.93. The van der Waals surface area contributed by atoms with Crippen LogP contribution in [0, 0.1) is 13.8 Å². The Hall–Kier alpha value is -1.61. The molecule has 3 heteroatoms. The third-order valence-electron chi connectivity index (χ3n) is 2.51. The van der Waals surface area contributed by atoms with Gasteiger partial charge in [-0.15, -0.1) is 0 Å². The third kappa shape index (κ3) is 1.78. The van der Waals surface area contributed by atoms with Crippen molar-refractivity contribution in [3.63, 3.8) is 0 Å². The normalized spacial score (nSPS) is 10.6. The number of rotatable bonds is 2. The molecule has 0 aliphatic carbocycles. The van der Waals surface area contributed by atoms with Gasteiger partial charge in [0.15, 0.2) is 0 Å². The van der Waals surface area contributed by atoms with E-state index in [1.165, 1.54) is 5.56 Å². The second-order valence-corrected chi connectivity index (χ2v) is 3.64. The van der Waals surface area contributed by atoms with Crippen LogP contribution in [0.25, 0.3) is 11.3 Å². The molecular formula is C12H14N2O. The molecule has 15 heavy (non-hydrogen) atoms. The van der Waals surface area contributed by atoms with Gasteiger partial charge in [0.05, 0.1) is 0 Å². The maximum absolute atomic E-state index is 5.66. The van der Waals surface area contributed by atoms with E-state index in [0.29, 0.717) is 6.54 Å². The predicted molar refractivity (Wildman–Crippen MR) is 59.3 cm³/mol. The van der Waals surface area contributed by atoms with Crippen LogP contribution in [0.5, 0.6) is 0 Å². The Balaban J connectivity index is 2.49. The first-order chi connectivity index (χ1) is 7.22. The Kier molecular flexibility index (Phi) is 2.56. The van der Waals surface area contributed by atoms with E-state index < -0.39 is 0 Å². The van der Waals surface area contributed by atoms with Gasteiger partial charge in [0.25, 0.3) is 0 Å². The Labute approximate surface area is 88.9 Å². The fourth-order valence-electron chi connectivity index (χ4n) is 1.57. The summed E-state index contributed by atoms with van der Waals surface area (Å²) < 4.78 is 5.14. The van der Waals surface area contributed by atoms with Gasteiger partial charge in [0.1, 0.15) is 11.5 Å². The largest absolute Gasteiger partial charge is 0.361 e. The van der Waals surface area contributed by atoms with Gasteiger partial charge >= 0.3 is 0 Å². The number of aryl methyl sites for hydroxylation is 2. The first-order valence-corrected chi connectivity index (χ1v) is 4.94. The highest BCUT2D eigenvalue weighted by atomic mass is 16.5. The summed E-state index contributed by atoms with van der Waals surface area (Å²) in [6.07, 6.45) is 0. The monoisotopic (exact) mass is 202 g/mol.